The number of rotatable bonds is 5. The van der Waals surface area contributed by atoms with Gasteiger partial charge in [0.2, 0.25) is 0 Å². The zero-order valence-electron chi connectivity index (χ0n) is 11.7. The molecule has 3 unspecified atom stereocenters. The fourth-order valence-corrected chi connectivity index (χ4v) is 3.25. The van der Waals surface area contributed by atoms with Gasteiger partial charge in [0.05, 0.1) is 6.10 Å². The number of benzene rings is 1. The van der Waals surface area contributed by atoms with Crippen molar-refractivity contribution in [3.05, 3.63) is 34.3 Å². The van der Waals surface area contributed by atoms with Gasteiger partial charge in [-0.2, -0.15) is 0 Å². The summed E-state index contributed by atoms with van der Waals surface area (Å²) in [4.78, 5) is 0. The molecule has 0 radical (unpaired) electrons. The first-order valence-electron chi connectivity index (χ1n) is 6.98. The first-order chi connectivity index (χ1) is 9.15. The van der Waals surface area contributed by atoms with Crippen LogP contribution in [0.25, 0.3) is 0 Å². The molecule has 19 heavy (non-hydrogen) atoms. The maximum absolute atomic E-state index is 6.31. The Bertz CT molecular complexity index is 425. The predicted octanol–water partition coefficient (Wildman–Crippen LogP) is 2.84. The first kappa shape index (κ1) is 14.8. The summed E-state index contributed by atoms with van der Waals surface area (Å²) >= 11 is 6.31. The molecule has 1 heterocycles. The van der Waals surface area contributed by atoms with Crippen molar-refractivity contribution in [2.75, 3.05) is 6.61 Å². The van der Waals surface area contributed by atoms with E-state index in [1.54, 1.807) is 0 Å². The zero-order valence-corrected chi connectivity index (χ0v) is 12.4. The number of nitrogens with one attached hydrogen (secondary N) is 1. The molecule has 0 amide bonds. The Morgan fingerprint density at radius 2 is 2.32 bits per heavy atom. The Morgan fingerprint density at radius 3 is 2.95 bits per heavy atom. The highest BCUT2D eigenvalue weighted by molar-refractivity contribution is 6.31. The van der Waals surface area contributed by atoms with Crippen LogP contribution in [0, 0.1) is 12.8 Å². The van der Waals surface area contributed by atoms with Crippen molar-refractivity contribution in [2.24, 2.45) is 11.8 Å². The van der Waals surface area contributed by atoms with E-state index in [2.05, 4.69) is 24.5 Å². The van der Waals surface area contributed by atoms with Gasteiger partial charge in [-0.15, -0.1) is 0 Å². The molecule has 3 N–H and O–H groups in total. The molecule has 1 aromatic rings. The van der Waals surface area contributed by atoms with Crippen LogP contribution < -0.4 is 11.3 Å². The molecule has 106 valence electrons. The van der Waals surface area contributed by atoms with Gasteiger partial charge in [0, 0.05) is 23.6 Å². The number of hydrogen-bond donors (Lipinski definition) is 2. The van der Waals surface area contributed by atoms with Gasteiger partial charge in [-0.1, -0.05) is 30.7 Å². The smallest absolute Gasteiger partial charge is 0.0617 e. The van der Waals surface area contributed by atoms with Gasteiger partial charge in [0.1, 0.15) is 0 Å². The van der Waals surface area contributed by atoms with Gasteiger partial charge < -0.3 is 4.74 Å². The predicted molar refractivity (Wildman–Crippen MR) is 79.1 cm³/mol. The molecule has 3 nitrogen and oxygen atoms in total. The molecule has 0 bridgehead atoms. The molecule has 2 rings (SSSR count). The lowest BCUT2D eigenvalue weighted by atomic mass is 9.87. The van der Waals surface area contributed by atoms with E-state index in [0.29, 0.717) is 12.0 Å². The van der Waals surface area contributed by atoms with Crippen molar-refractivity contribution < 1.29 is 4.74 Å². The maximum Gasteiger partial charge on any atom is 0.0617 e. The van der Waals surface area contributed by atoms with Crippen LogP contribution in [0.15, 0.2) is 18.2 Å². The SMILES string of the molecule is CCC1OCCC1C(Cc1ccc(C)cc1Cl)NN. The summed E-state index contributed by atoms with van der Waals surface area (Å²) in [6, 6.07) is 6.41. The number of hydrazine groups is 1. The van der Waals surface area contributed by atoms with E-state index < -0.39 is 0 Å². The summed E-state index contributed by atoms with van der Waals surface area (Å²) in [6.07, 6.45) is 3.26. The average Bonchev–Trinajstić information content (AvgIpc) is 2.86. The second-order valence-corrected chi connectivity index (χ2v) is 5.75. The largest absolute Gasteiger partial charge is 0.378 e. The fourth-order valence-electron chi connectivity index (χ4n) is 2.93. The van der Waals surface area contributed by atoms with Crippen molar-refractivity contribution in [1.29, 1.82) is 0 Å². The highest BCUT2D eigenvalue weighted by Gasteiger charge is 2.33. The first-order valence-corrected chi connectivity index (χ1v) is 7.36. The van der Waals surface area contributed by atoms with Gasteiger partial charge in [-0.05, 0) is 43.4 Å². The summed E-state index contributed by atoms with van der Waals surface area (Å²) in [5.41, 5.74) is 5.29. The minimum absolute atomic E-state index is 0.215. The summed E-state index contributed by atoms with van der Waals surface area (Å²) in [5.74, 6) is 6.21. The number of ether oxygens (including phenoxy) is 1. The third kappa shape index (κ3) is 3.48. The summed E-state index contributed by atoms with van der Waals surface area (Å²) < 4.78 is 5.76. The lowest BCUT2D eigenvalue weighted by Gasteiger charge is -2.27. The standard InChI is InChI=1S/C15H23ClN2O/c1-3-15-12(6-7-19-15)14(18-17)9-11-5-4-10(2)8-13(11)16/h4-5,8,12,14-15,18H,3,6-7,9,17H2,1-2H3. The minimum atomic E-state index is 0.215. The molecule has 4 heteroatoms. The molecule has 0 spiro atoms. The zero-order chi connectivity index (χ0) is 13.8. The molecule has 1 aromatic carbocycles. The van der Waals surface area contributed by atoms with E-state index in [1.807, 2.05) is 13.0 Å². The summed E-state index contributed by atoms with van der Waals surface area (Å²) in [7, 11) is 0. The lowest BCUT2D eigenvalue weighted by Crippen LogP contribution is -2.45. The Balaban J connectivity index is 2.10. The minimum Gasteiger partial charge on any atom is -0.378 e. The van der Waals surface area contributed by atoms with Crippen molar-refractivity contribution >= 4 is 11.6 Å². The van der Waals surface area contributed by atoms with Crippen LogP contribution in [0.3, 0.4) is 0 Å². The highest BCUT2D eigenvalue weighted by atomic mass is 35.5. The normalized spacial score (nSPS) is 24.6. The van der Waals surface area contributed by atoms with Crippen molar-refractivity contribution in [3.8, 4) is 0 Å². The Labute approximate surface area is 120 Å². The van der Waals surface area contributed by atoms with Crippen LogP contribution in [-0.2, 0) is 11.2 Å². The molecule has 3 atom stereocenters. The topological polar surface area (TPSA) is 47.3 Å². The van der Waals surface area contributed by atoms with E-state index in [1.165, 1.54) is 5.56 Å². The Kier molecular flexibility index (Phi) is 5.22. The van der Waals surface area contributed by atoms with Gasteiger partial charge in [0.15, 0.2) is 0 Å². The molecule has 0 saturated carbocycles. The molecule has 1 aliphatic heterocycles. The van der Waals surface area contributed by atoms with Gasteiger partial charge in [-0.3, -0.25) is 11.3 Å². The van der Waals surface area contributed by atoms with E-state index >= 15 is 0 Å². The Morgan fingerprint density at radius 1 is 1.53 bits per heavy atom. The van der Waals surface area contributed by atoms with Crippen LogP contribution in [0.4, 0.5) is 0 Å². The molecule has 1 fully saturated rings. The van der Waals surface area contributed by atoms with E-state index in [4.69, 9.17) is 22.2 Å². The molecular formula is C15H23ClN2O. The van der Waals surface area contributed by atoms with Crippen molar-refractivity contribution in [2.45, 2.75) is 45.3 Å². The summed E-state index contributed by atoms with van der Waals surface area (Å²) in [5, 5.41) is 0.826. The van der Waals surface area contributed by atoms with E-state index in [9.17, 15) is 0 Å². The average molecular weight is 283 g/mol. The highest BCUT2D eigenvalue weighted by Crippen LogP contribution is 2.29. The maximum atomic E-state index is 6.31. The molecule has 1 aliphatic rings. The van der Waals surface area contributed by atoms with E-state index in [-0.39, 0.29) is 6.04 Å². The molecule has 1 saturated heterocycles. The third-order valence-electron chi connectivity index (χ3n) is 4.04. The van der Waals surface area contributed by atoms with E-state index in [0.717, 1.165) is 36.5 Å². The van der Waals surface area contributed by atoms with Gasteiger partial charge in [0.25, 0.3) is 0 Å². The summed E-state index contributed by atoms with van der Waals surface area (Å²) in [6.45, 7) is 5.05. The number of aryl methyl sites for hydroxylation is 1. The number of halogens is 1. The van der Waals surface area contributed by atoms with Gasteiger partial charge in [-0.25, -0.2) is 0 Å². The molecule has 0 aromatic heterocycles. The fraction of sp³-hybridized carbons (Fsp3) is 0.600. The second-order valence-electron chi connectivity index (χ2n) is 5.34. The quantitative estimate of drug-likeness (QED) is 0.645. The van der Waals surface area contributed by atoms with Crippen molar-refractivity contribution in [3.63, 3.8) is 0 Å². The van der Waals surface area contributed by atoms with Crippen LogP contribution in [0.2, 0.25) is 5.02 Å². The van der Waals surface area contributed by atoms with Gasteiger partial charge >= 0.3 is 0 Å². The Hall–Kier alpha value is -0.610. The number of nitrogens with two attached hydrogens (primary N) is 1. The van der Waals surface area contributed by atoms with Crippen LogP contribution in [0.5, 0.6) is 0 Å². The molecule has 0 aliphatic carbocycles. The number of hydrogen-bond acceptors (Lipinski definition) is 3. The van der Waals surface area contributed by atoms with Crippen LogP contribution in [-0.4, -0.2) is 18.8 Å². The third-order valence-corrected chi connectivity index (χ3v) is 4.39. The monoisotopic (exact) mass is 282 g/mol. The lowest BCUT2D eigenvalue weighted by molar-refractivity contribution is 0.0775. The van der Waals surface area contributed by atoms with Crippen LogP contribution >= 0.6 is 11.6 Å². The van der Waals surface area contributed by atoms with Crippen molar-refractivity contribution in [1.82, 2.24) is 5.43 Å². The second kappa shape index (κ2) is 6.71. The van der Waals surface area contributed by atoms with Crippen LogP contribution in [0.1, 0.15) is 30.9 Å². The molecular weight excluding hydrogens is 260 g/mol.